The van der Waals surface area contributed by atoms with Crippen molar-refractivity contribution >= 4 is 12.4 Å². The summed E-state index contributed by atoms with van der Waals surface area (Å²) in [5.41, 5.74) is 2.51. The van der Waals surface area contributed by atoms with E-state index in [4.69, 9.17) is 4.74 Å². The second kappa shape index (κ2) is 6.95. The van der Waals surface area contributed by atoms with Crippen molar-refractivity contribution in [1.29, 1.82) is 0 Å². The van der Waals surface area contributed by atoms with Crippen molar-refractivity contribution in [2.24, 2.45) is 0 Å². The van der Waals surface area contributed by atoms with Crippen LogP contribution in [-0.2, 0) is 9.53 Å². The Hall–Kier alpha value is -1.84. The molecule has 0 bridgehead atoms. The molecule has 4 heteroatoms. The van der Waals surface area contributed by atoms with E-state index in [1.807, 2.05) is 26.8 Å². The van der Waals surface area contributed by atoms with Crippen molar-refractivity contribution in [3.8, 4) is 0 Å². The van der Waals surface area contributed by atoms with Crippen LogP contribution in [0.25, 0.3) is 0 Å². The first-order valence-corrected chi connectivity index (χ1v) is 7.93. The fourth-order valence-electron chi connectivity index (χ4n) is 2.72. The summed E-state index contributed by atoms with van der Waals surface area (Å²) in [5, 5.41) is 0. The van der Waals surface area contributed by atoms with E-state index in [0.717, 1.165) is 48.7 Å². The highest BCUT2D eigenvalue weighted by atomic mass is 16.6. The molecule has 0 atom stereocenters. The Morgan fingerprint density at radius 1 is 1.23 bits per heavy atom. The minimum Gasteiger partial charge on any atom is -0.444 e. The van der Waals surface area contributed by atoms with Crippen molar-refractivity contribution < 1.29 is 14.3 Å². The van der Waals surface area contributed by atoms with Crippen LogP contribution in [0, 0.1) is 0 Å². The maximum atomic E-state index is 12.1. The summed E-state index contributed by atoms with van der Waals surface area (Å²) in [7, 11) is 0. The predicted molar refractivity (Wildman–Crippen MR) is 86.6 cm³/mol. The van der Waals surface area contributed by atoms with Gasteiger partial charge in [0, 0.05) is 18.7 Å². The average Bonchev–Trinajstić information content (AvgIpc) is 2.48. The largest absolute Gasteiger partial charge is 0.444 e. The number of ether oxygens (including phenoxy) is 1. The van der Waals surface area contributed by atoms with Gasteiger partial charge in [0.2, 0.25) is 0 Å². The molecule has 1 heterocycles. The van der Waals surface area contributed by atoms with Gasteiger partial charge in [-0.15, -0.1) is 0 Å². The minimum absolute atomic E-state index is 0.268. The number of aldehydes is 1. The number of likely N-dealkylation sites (tertiary alicyclic amines) is 1. The molecule has 1 saturated heterocycles. The maximum Gasteiger partial charge on any atom is 0.410 e. The zero-order chi connectivity index (χ0) is 16.2. The highest BCUT2D eigenvalue weighted by Gasteiger charge is 2.26. The minimum atomic E-state index is -0.473. The molecule has 1 amide bonds. The fraction of sp³-hybridized carbons (Fsp3) is 0.556. The molecule has 0 aromatic heterocycles. The first kappa shape index (κ1) is 16.5. The number of rotatable bonds is 2. The lowest BCUT2D eigenvalue weighted by Gasteiger charge is -2.31. The number of nitrogens with zero attached hydrogens (tertiary/aromatic N) is 1. The van der Waals surface area contributed by atoms with Crippen LogP contribution < -0.4 is 0 Å². The molecular weight excluding hydrogens is 278 g/mol. The van der Waals surface area contributed by atoms with Crippen LogP contribution in [0.3, 0.4) is 0 Å². The van der Waals surface area contributed by atoms with Crippen LogP contribution in [0.15, 0.2) is 34.9 Å². The molecule has 0 unspecified atom stereocenters. The lowest BCUT2D eigenvalue weighted by atomic mass is 9.91. The Balaban J connectivity index is 2.02. The molecule has 0 aromatic carbocycles. The van der Waals surface area contributed by atoms with Crippen molar-refractivity contribution in [1.82, 2.24) is 4.90 Å². The van der Waals surface area contributed by atoms with Crippen LogP contribution in [0.5, 0.6) is 0 Å². The van der Waals surface area contributed by atoms with E-state index in [2.05, 4.69) is 12.2 Å². The lowest BCUT2D eigenvalue weighted by molar-refractivity contribution is -0.104. The Morgan fingerprint density at radius 3 is 2.41 bits per heavy atom. The van der Waals surface area contributed by atoms with Gasteiger partial charge in [0.1, 0.15) is 5.60 Å². The van der Waals surface area contributed by atoms with Gasteiger partial charge in [0.25, 0.3) is 0 Å². The molecule has 0 saturated carbocycles. The van der Waals surface area contributed by atoms with E-state index in [0.29, 0.717) is 13.1 Å². The summed E-state index contributed by atoms with van der Waals surface area (Å²) >= 11 is 0. The van der Waals surface area contributed by atoms with E-state index < -0.39 is 5.60 Å². The van der Waals surface area contributed by atoms with Crippen molar-refractivity contribution in [2.45, 2.75) is 52.1 Å². The van der Waals surface area contributed by atoms with E-state index in [1.54, 1.807) is 4.90 Å². The average molecular weight is 303 g/mol. The first-order chi connectivity index (χ1) is 10.4. The second-order valence-corrected chi connectivity index (χ2v) is 6.74. The Bertz CT molecular complexity index is 525. The van der Waals surface area contributed by atoms with Crippen LogP contribution in [0.1, 0.15) is 46.5 Å². The van der Waals surface area contributed by atoms with Gasteiger partial charge in [0.15, 0.2) is 6.29 Å². The van der Waals surface area contributed by atoms with Gasteiger partial charge in [-0.1, -0.05) is 23.8 Å². The summed E-state index contributed by atoms with van der Waals surface area (Å²) in [4.78, 5) is 25.3. The molecule has 22 heavy (non-hydrogen) atoms. The molecule has 0 aromatic rings. The van der Waals surface area contributed by atoms with E-state index >= 15 is 0 Å². The van der Waals surface area contributed by atoms with E-state index in [9.17, 15) is 9.59 Å². The fourth-order valence-corrected chi connectivity index (χ4v) is 2.72. The molecule has 2 rings (SSSR count). The highest BCUT2D eigenvalue weighted by molar-refractivity contribution is 5.83. The number of amides is 1. The molecule has 0 N–H and O–H groups in total. The van der Waals surface area contributed by atoms with Gasteiger partial charge in [-0.25, -0.2) is 4.79 Å². The predicted octanol–water partition coefficient (Wildman–Crippen LogP) is 3.79. The number of carbonyl (C=O) groups excluding carboxylic acids is 2. The van der Waals surface area contributed by atoms with Gasteiger partial charge >= 0.3 is 6.09 Å². The molecule has 0 radical (unpaired) electrons. The molecule has 0 spiro atoms. The molecular formula is C18H25NO3. The van der Waals surface area contributed by atoms with Crippen molar-refractivity contribution in [2.75, 3.05) is 13.1 Å². The third kappa shape index (κ3) is 4.33. The number of carbonyl (C=O) groups is 2. The van der Waals surface area contributed by atoms with E-state index in [-0.39, 0.29) is 6.09 Å². The third-order valence-electron chi connectivity index (χ3n) is 3.82. The molecule has 1 aliphatic heterocycles. The Labute approximate surface area is 132 Å². The first-order valence-electron chi connectivity index (χ1n) is 7.93. The molecule has 120 valence electrons. The van der Waals surface area contributed by atoms with Gasteiger partial charge in [-0.2, -0.15) is 0 Å². The van der Waals surface area contributed by atoms with Gasteiger partial charge in [-0.3, -0.25) is 4.79 Å². The summed E-state index contributed by atoms with van der Waals surface area (Å²) < 4.78 is 5.39. The lowest BCUT2D eigenvalue weighted by Crippen LogP contribution is -2.40. The van der Waals surface area contributed by atoms with Crippen LogP contribution in [-0.4, -0.2) is 36.0 Å². The van der Waals surface area contributed by atoms with Crippen LogP contribution in [0.2, 0.25) is 0 Å². The molecule has 1 aliphatic carbocycles. The number of allylic oxidation sites excluding steroid dienone is 5. The standard InChI is InChI=1S/C18H25NO3/c1-18(2,3)22-17(21)19-11-9-15(10-12-19)16(13-20)14-7-5-4-6-8-14/h5,7-8,13H,4,6,9-12H2,1-3H3. The number of hydrogen-bond acceptors (Lipinski definition) is 3. The SMILES string of the molecule is CC(C)(C)OC(=O)N1CCC(=C(C=O)C2=CCCC=C2)CC1. The van der Waals surface area contributed by atoms with E-state index in [1.165, 1.54) is 0 Å². The third-order valence-corrected chi connectivity index (χ3v) is 3.82. The zero-order valence-electron chi connectivity index (χ0n) is 13.7. The topological polar surface area (TPSA) is 46.6 Å². The van der Waals surface area contributed by atoms with Crippen LogP contribution >= 0.6 is 0 Å². The number of piperidine rings is 1. The Morgan fingerprint density at radius 2 is 1.91 bits per heavy atom. The van der Waals surface area contributed by atoms with Crippen molar-refractivity contribution in [3.05, 3.63) is 34.9 Å². The van der Waals surface area contributed by atoms with Gasteiger partial charge in [-0.05, 0) is 52.0 Å². The molecule has 4 nitrogen and oxygen atoms in total. The molecule has 2 aliphatic rings. The normalized spacial score (nSPS) is 18.8. The smallest absolute Gasteiger partial charge is 0.410 e. The second-order valence-electron chi connectivity index (χ2n) is 6.74. The zero-order valence-corrected chi connectivity index (χ0v) is 13.7. The van der Waals surface area contributed by atoms with Gasteiger partial charge in [0.05, 0.1) is 0 Å². The maximum absolute atomic E-state index is 12.1. The highest BCUT2D eigenvalue weighted by Crippen LogP contribution is 2.27. The summed E-state index contributed by atoms with van der Waals surface area (Å²) in [5.74, 6) is 0. The summed E-state index contributed by atoms with van der Waals surface area (Å²) in [6.07, 6.45) is 10.4. The molecule has 1 fully saturated rings. The van der Waals surface area contributed by atoms with Crippen molar-refractivity contribution in [3.63, 3.8) is 0 Å². The van der Waals surface area contributed by atoms with Gasteiger partial charge < -0.3 is 9.64 Å². The Kier molecular flexibility index (Phi) is 5.22. The quantitative estimate of drug-likeness (QED) is 0.576. The number of hydrogen-bond donors (Lipinski definition) is 0. The monoisotopic (exact) mass is 303 g/mol. The summed E-state index contributed by atoms with van der Waals surface area (Å²) in [6.45, 7) is 6.82. The summed E-state index contributed by atoms with van der Waals surface area (Å²) in [6, 6.07) is 0. The van der Waals surface area contributed by atoms with Crippen LogP contribution in [0.4, 0.5) is 4.79 Å².